The topological polar surface area (TPSA) is 29.4 Å². The Balaban J connectivity index is 1.18. The van der Waals surface area contributed by atoms with E-state index in [0.29, 0.717) is 0 Å². The summed E-state index contributed by atoms with van der Waals surface area (Å²) in [5, 5.41) is 7.25. The van der Waals surface area contributed by atoms with Gasteiger partial charge in [-0.25, -0.2) is 0 Å². The zero-order valence-corrected chi connectivity index (χ0v) is 32.7. The largest absolute Gasteiger partial charge is 0.497 e. The predicted octanol–water partition coefficient (Wildman–Crippen LogP) is 14.6. The molecule has 0 amide bonds. The van der Waals surface area contributed by atoms with Gasteiger partial charge in [0, 0.05) is 50.0 Å². The second-order valence-corrected chi connectivity index (χ2v) is 14.9. The van der Waals surface area contributed by atoms with Gasteiger partial charge in [-0.2, -0.15) is 0 Å². The van der Waals surface area contributed by atoms with E-state index in [-0.39, 0.29) is 0 Å². The summed E-state index contributed by atoms with van der Waals surface area (Å²) in [4.78, 5) is 4.68. The van der Waals surface area contributed by atoms with Crippen LogP contribution in [0.15, 0.2) is 200 Å². The van der Waals surface area contributed by atoms with Crippen LogP contribution in [0.3, 0.4) is 0 Å². The first-order valence-electron chi connectivity index (χ1n) is 19.9. The zero-order chi connectivity index (χ0) is 39.5. The van der Waals surface area contributed by atoms with Crippen molar-refractivity contribution in [2.45, 2.75) is 0 Å². The van der Waals surface area contributed by atoms with Crippen LogP contribution in [0, 0.1) is 0 Å². The molecule has 0 spiro atoms. The van der Waals surface area contributed by atoms with Crippen molar-refractivity contribution in [1.29, 1.82) is 0 Å². The molecule has 2 heterocycles. The van der Waals surface area contributed by atoms with Crippen molar-refractivity contribution in [1.82, 2.24) is 4.40 Å². The van der Waals surface area contributed by atoms with Gasteiger partial charge in [-0.15, -0.1) is 0 Å². The molecule has 11 rings (SSSR count). The van der Waals surface area contributed by atoms with E-state index in [1.807, 2.05) is 24.3 Å². The maximum absolute atomic E-state index is 5.58. The Hall–Kier alpha value is -7.76. The van der Waals surface area contributed by atoms with Gasteiger partial charge >= 0.3 is 0 Å². The quantitative estimate of drug-likeness (QED) is 0.146. The molecule has 2 aromatic heterocycles. The number of methoxy groups -OCH3 is 2. The van der Waals surface area contributed by atoms with E-state index in [4.69, 9.17) is 9.47 Å². The number of hydrogen-bond donors (Lipinski definition) is 0. The Labute approximate surface area is 342 Å². The third-order valence-corrected chi connectivity index (χ3v) is 11.7. The summed E-state index contributed by atoms with van der Waals surface area (Å²) in [5.41, 5.74) is 12.4. The molecule has 282 valence electrons. The molecule has 59 heavy (non-hydrogen) atoms. The minimum atomic E-state index is 0.825. The number of rotatable bonds is 9. The van der Waals surface area contributed by atoms with Crippen molar-refractivity contribution in [3.63, 3.8) is 0 Å². The first-order valence-corrected chi connectivity index (χ1v) is 19.9. The second kappa shape index (κ2) is 14.0. The molecule has 11 aromatic rings. The van der Waals surface area contributed by atoms with Crippen molar-refractivity contribution in [2.75, 3.05) is 24.0 Å². The smallest absolute Gasteiger partial charge is 0.119 e. The molecule has 9 aromatic carbocycles. The number of fused-ring (bicyclic) bond motifs is 7. The van der Waals surface area contributed by atoms with E-state index < -0.39 is 0 Å². The third kappa shape index (κ3) is 5.70. The Morgan fingerprint density at radius 3 is 1.59 bits per heavy atom. The van der Waals surface area contributed by atoms with E-state index in [2.05, 4.69) is 190 Å². The SMILES string of the molecule is COc1ccc(N(c2ccccc2)c2ccc3cc4c5ccc(N(c6ccccc6)c6ccc(OC)cc6)c6c7cc(-c8ccccc8)ccc7n(c4cc3c2)c56)cc1. The predicted molar refractivity (Wildman–Crippen MR) is 247 cm³/mol. The highest BCUT2D eigenvalue weighted by Gasteiger charge is 2.25. The van der Waals surface area contributed by atoms with Gasteiger partial charge in [0.1, 0.15) is 11.5 Å². The summed E-state index contributed by atoms with van der Waals surface area (Å²) >= 11 is 0. The third-order valence-electron chi connectivity index (χ3n) is 11.7. The minimum absolute atomic E-state index is 0.825. The van der Waals surface area contributed by atoms with Gasteiger partial charge in [0.2, 0.25) is 0 Å². The Morgan fingerprint density at radius 2 is 0.949 bits per heavy atom. The summed E-state index contributed by atoms with van der Waals surface area (Å²) in [7, 11) is 3.41. The first kappa shape index (κ1) is 34.5. The fourth-order valence-electron chi connectivity index (χ4n) is 8.90. The van der Waals surface area contributed by atoms with Crippen LogP contribution >= 0.6 is 0 Å². The standard InChI is InChI=1S/C54H39N3O2/c1-58-45-25-21-42(22-26-45)55(40-14-8-4-9-15-40)44-20-18-38-33-48-47-29-31-51(56(41-16-10-5-11-17-41)43-23-27-46(59-2)28-24-43)53-49-34-37(36-12-6-3-7-13-36)19-30-50(49)57(54(47)53)52(48)35-39(38)32-44/h3-35H,1-2H3. The van der Waals surface area contributed by atoms with E-state index in [9.17, 15) is 0 Å². The van der Waals surface area contributed by atoms with Crippen LogP contribution in [0.5, 0.6) is 11.5 Å². The molecule has 5 heteroatoms. The van der Waals surface area contributed by atoms with Crippen molar-refractivity contribution >= 4 is 83.0 Å². The fourth-order valence-corrected chi connectivity index (χ4v) is 8.90. The molecule has 0 aliphatic heterocycles. The van der Waals surface area contributed by atoms with Crippen molar-refractivity contribution in [3.8, 4) is 22.6 Å². The summed E-state index contributed by atoms with van der Waals surface area (Å²) in [6, 6.07) is 71.6. The van der Waals surface area contributed by atoms with E-state index in [1.165, 1.54) is 60.0 Å². The highest BCUT2D eigenvalue weighted by Crippen LogP contribution is 2.49. The van der Waals surface area contributed by atoms with Gasteiger partial charge in [-0.05, 0) is 137 Å². The maximum atomic E-state index is 5.58. The normalized spacial score (nSPS) is 11.6. The number of hydrogen-bond acceptors (Lipinski definition) is 4. The average molecular weight is 762 g/mol. The Kier molecular flexibility index (Phi) is 8.19. The molecule has 0 N–H and O–H groups in total. The van der Waals surface area contributed by atoms with Gasteiger partial charge in [0.25, 0.3) is 0 Å². The van der Waals surface area contributed by atoms with Crippen molar-refractivity contribution < 1.29 is 9.47 Å². The van der Waals surface area contributed by atoms with Crippen LogP contribution in [0.1, 0.15) is 0 Å². The molecule has 0 aliphatic rings. The maximum Gasteiger partial charge on any atom is 0.119 e. The van der Waals surface area contributed by atoms with Gasteiger partial charge in [-0.1, -0.05) is 84.9 Å². The monoisotopic (exact) mass is 761 g/mol. The van der Waals surface area contributed by atoms with Gasteiger partial charge in [-0.3, -0.25) is 0 Å². The highest BCUT2D eigenvalue weighted by atomic mass is 16.5. The zero-order valence-electron chi connectivity index (χ0n) is 32.7. The lowest BCUT2D eigenvalue weighted by molar-refractivity contribution is 0.414. The van der Waals surface area contributed by atoms with E-state index in [1.54, 1.807) is 14.2 Å². The van der Waals surface area contributed by atoms with Crippen LogP contribution in [0.2, 0.25) is 0 Å². The lowest BCUT2D eigenvalue weighted by atomic mass is 9.99. The molecule has 0 saturated carbocycles. The van der Waals surface area contributed by atoms with Crippen molar-refractivity contribution in [2.24, 2.45) is 0 Å². The fraction of sp³-hybridized carbons (Fsp3) is 0.0370. The average Bonchev–Trinajstić information content (AvgIpc) is 3.81. The van der Waals surface area contributed by atoms with E-state index >= 15 is 0 Å². The van der Waals surface area contributed by atoms with Crippen LogP contribution < -0.4 is 19.3 Å². The Bertz CT molecular complexity index is 3270. The lowest BCUT2D eigenvalue weighted by Gasteiger charge is -2.26. The molecule has 0 aliphatic carbocycles. The number of aromatic nitrogens is 1. The van der Waals surface area contributed by atoms with Gasteiger partial charge in [0.15, 0.2) is 0 Å². The highest BCUT2D eigenvalue weighted by molar-refractivity contribution is 6.28. The number of ether oxygens (including phenoxy) is 2. The lowest BCUT2D eigenvalue weighted by Crippen LogP contribution is -2.10. The van der Waals surface area contributed by atoms with Crippen LogP contribution in [0.25, 0.3) is 60.0 Å². The number of anilines is 6. The Morgan fingerprint density at radius 1 is 0.373 bits per heavy atom. The molecule has 0 unspecified atom stereocenters. The van der Waals surface area contributed by atoms with Crippen molar-refractivity contribution in [3.05, 3.63) is 200 Å². The molecule has 0 radical (unpaired) electrons. The van der Waals surface area contributed by atoms with Crippen LogP contribution in [-0.4, -0.2) is 18.6 Å². The second-order valence-electron chi connectivity index (χ2n) is 14.9. The summed E-state index contributed by atoms with van der Waals surface area (Å²) in [5.74, 6) is 1.65. The van der Waals surface area contributed by atoms with Gasteiger partial charge in [0.05, 0.1) is 36.5 Å². The number of para-hydroxylation sites is 2. The van der Waals surface area contributed by atoms with Crippen LogP contribution in [-0.2, 0) is 0 Å². The molecule has 0 fully saturated rings. The molecule has 0 bridgehead atoms. The summed E-state index contributed by atoms with van der Waals surface area (Å²) in [6.45, 7) is 0. The van der Waals surface area contributed by atoms with E-state index in [0.717, 1.165) is 45.6 Å². The minimum Gasteiger partial charge on any atom is -0.497 e. The molecular formula is C54H39N3O2. The molecule has 0 atom stereocenters. The number of nitrogens with zero attached hydrogens (tertiary/aromatic N) is 3. The van der Waals surface area contributed by atoms with Crippen LogP contribution in [0.4, 0.5) is 34.1 Å². The molecular weight excluding hydrogens is 723 g/mol. The molecule has 5 nitrogen and oxygen atoms in total. The summed E-state index contributed by atoms with van der Waals surface area (Å²) < 4.78 is 13.6. The first-order chi connectivity index (χ1) is 29.2. The summed E-state index contributed by atoms with van der Waals surface area (Å²) in [6.07, 6.45) is 0. The number of benzene rings is 9. The molecule has 0 saturated heterocycles. The van der Waals surface area contributed by atoms with Gasteiger partial charge < -0.3 is 23.7 Å².